The highest BCUT2D eigenvalue weighted by atomic mass is 32.2. The van der Waals surface area contributed by atoms with Gasteiger partial charge < -0.3 is 9.30 Å². The van der Waals surface area contributed by atoms with E-state index in [-0.39, 0.29) is 23.6 Å². The molecule has 0 spiro atoms. The van der Waals surface area contributed by atoms with Crippen molar-refractivity contribution in [2.24, 2.45) is 5.92 Å². The molecule has 7 nitrogen and oxygen atoms in total. The highest BCUT2D eigenvalue weighted by Crippen LogP contribution is 2.34. The van der Waals surface area contributed by atoms with E-state index in [0.717, 1.165) is 24.3 Å². The van der Waals surface area contributed by atoms with Crippen molar-refractivity contribution in [3.8, 4) is 5.75 Å². The molecular formula is C15H14F6N4O3S. The smallest absolute Gasteiger partial charge is 0.406 e. The zero-order valence-electron chi connectivity index (χ0n) is 14.5. The minimum absolute atomic E-state index is 0.00884. The Morgan fingerprint density at radius 3 is 2.34 bits per heavy atom. The summed E-state index contributed by atoms with van der Waals surface area (Å²) in [6.45, 7) is -0.840. The zero-order chi connectivity index (χ0) is 21.4. The highest BCUT2D eigenvalue weighted by molar-refractivity contribution is 7.89. The van der Waals surface area contributed by atoms with Crippen LogP contribution in [-0.2, 0) is 29.5 Å². The molecule has 0 saturated carbocycles. The van der Waals surface area contributed by atoms with E-state index in [0.29, 0.717) is 5.82 Å². The average molecular weight is 444 g/mol. The Kier molecular flexibility index (Phi) is 5.51. The normalized spacial score (nSPS) is 17.8. The van der Waals surface area contributed by atoms with Crippen LogP contribution in [0.5, 0.6) is 5.75 Å². The standard InChI is InChI=1S/C15H14F6N4O3S/c16-14(17,18)9-1-6-12-23-24-13(25(12)8-9)7-22-29(26,27)11-4-2-10(3-5-11)28-15(19,20)21/h2-5,9,22H,1,6-8H2. The molecule has 2 aromatic rings. The molecule has 1 unspecified atom stereocenters. The van der Waals surface area contributed by atoms with Crippen molar-refractivity contribution in [2.45, 2.75) is 43.4 Å². The van der Waals surface area contributed by atoms with E-state index in [1.54, 1.807) is 0 Å². The van der Waals surface area contributed by atoms with Crippen LogP contribution in [-0.4, -0.2) is 35.7 Å². The highest BCUT2D eigenvalue weighted by Gasteiger charge is 2.42. The molecule has 0 bridgehead atoms. The van der Waals surface area contributed by atoms with Gasteiger partial charge >= 0.3 is 12.5 Å². The lowest BCUT2D eigenvalue weighted by Crippen LogP contribution is -2.34. The number of fused-ring (bicyclic) bond motifs is 1. The topological polar surface area (TPSA) is 86.1 Å². The van der Waals surface area contributed by atoms with Crippen molar-refractivity contribution < 1.29 is 39.5 Å². The molecule has 2 heterocycles. The molecule has 1 atom stereocenters. The molecule has 3 rings (SSSR count). The summed E-state index contributed by atoms with van der Waals surface area (Å²) in [5.74, 6) is -1.84. The van der Waals surface area contributed by atoms with Crippen molar-refractivity contribution >= 4 is 10.0 Å². The average Bonchev–Trinajstić information content (AvgIpc) is 3.01. The Hall–Kier alpha value is -2.35. The van der Waals surface area contributed by atoms with Gasteiger partial charge in [-0.2, -0.15) is 13.2 Å². The van der Waals surface area contributed by atoms with Crippen molar-refractivity contribution in [3.63, 3.8) is 0 Å². The number of sulfonamides is 1. The maximum atomic E-state index is 13.0. The van der Waals surface area contributed by atoms with Crippen LogP contribution < -0.4 is 9.46 Å². The summed E-state index contributed by atoms with van der Waals surface area (Å²) < 4.78 is 107. The Bertz CT molecular complexity index is 969. The molecule has 1 aromatic heterocycles. The number of nitrogens with one attached hydrogen (secondary N) is 1. The molecule has 1 N–H and O–H groups in total. The largest absolute Gasteiger partial charge is 0.573 e. The molecule has 1 aliphatic rings. The van der Waals surface area contributed by atoms with Crippen LogP contribution in [0.2, 0.25) is 0 Å². The molecule has 160 valence electrons. The van der Waals surface area contributed by atoms with Crippen molar-refractivity contribution in [1.82, 2.24) is 19.5 Å². The third-order valence-corrected chi connectivity index (χ3v) is 5.69. The fourth-order valence-corrected chi connectivity index (χ4v) is 3.82. The van der Waals surface area contributed by atoms with E-state index in [1.165, 1.54) is 4.57 Å². The van der Waals surface area contributed by atoms with Gasteiger partial charge in [-0.3, -0.25) is 0 Å². The first-order chi connectivity index (χ1) is 13.4. The molecule has 1 aromatic carbocycles. The first kappa shape index (κ1) is 21.4. The van der Waals surface area contributed by atoms with Crippen LogP contribution in [0.15, 0.2) is 29.2 Å². The van der Waals surface area contributed by atoms with Crippen LogP contribution in [0.25, 0.3) is 0 Å². The Labute approximate surface area is 160 Å². The number of hydrogen-bond donors (Lipinski definition) is 1. The second-order valence-electron chi connectivity index (χ2n) is 6.26. The van der Waals surface area contributed by atoms with Crippen LogP contribution in [0.1, 0.15) is 18.1 Å². The summed E-state index contributed by atoms with van der Waals surface area (Å²) >= 11 is 0. The lowest BCUT2D eigenvalue weighted by atomic mass is 9.99. The first-order valence-electron chi connectivity index (χ1n) is 8.18. The molecule has 0 aliphatic carbocycles. The molecule has 1 aliphatic heterocycles. The minimum atomic E-state index is -4.92. The van der Waals surface area contributed by atoms with E-state index in [2.05, 4.69) is 19.7 Å². The SMILES string of the molecule is O=S(=O)(NCc1nnc2n1CC(C(F)(F)F)CC2)c1ccc(OC(F)(F)F)cc1. The van der Waals surface area contributed by atoms with Gasteiger partial charge in [-0.25, -0.2) is 13.1 Å². The van der Waals surface area contributed by atoms with Crippen molar-refractivity contribution in [2.75, 3.05) is 0 Å². The number of ether oxygens (including phenoxy) is 1. The van der Waals surface area contributed by atoms with Crippen LogP contribution in [0, 0.1) is 5.92 Å². The predicted molar refractivity (Wildman–Crippen MR) is 85.0 cm³/mol. The lowest BCUT2D eigenvalue weighted by molar-refractivity contribution is -0.274. The van der Waals surface area contributed by atoms with E-state index >= 15 is 0 Å². The van der Waals surface area contributed by atoms with Crippen LogP contribution in [0.4, 0.5) is 26.3 Å². The van der Waals surface area contributed by atoms with Gasteiger partial charge in [-0.05, 0) is 30.7 Å². The fourth-order valence-electron chi connectivity index (χ4n) is 2.84. The van der Waals surface area contributed by atoms with Crippen molar-refractivity contribution in [1.29, 1.82) is 0 Å². The van der Waals surface area contributed by atoms with Gasteiger partial charge in [0.1, 0.15) is 17.4 Å². The summed E-state index contributed by atoms with van der Waals surface area (Å²) in [6.07, 6.45) is -9.37. The van der Waals surface area contributed by atoms with Gasteiger partial charge in [0.2, 0.25) is 10.0 Å². The summed E-state index contributed by atoms with van der Waals surface area (Å²) in [5, 5.41) is 7.52. The second-order valence-corrected chi connectivity index (χ2v) is 8.03. The summed E-state index contributed by atoms with van der Waals surface area (Å²) in [4.78, 5) is -0.349. The maximum Gasteiger partial charge on any atom is 0.573 e. The van der Waals surface area contributed by atoms with Gasteiger partial charge in [0.25, 0.3) is 0 Å². The summed E-state index contributed by atoms with van der Waals surface area (Å²) in [7, 11) is -4.16. The first-order valence-corrected chi connectivity index (χ1v) is 9.66. The lowest BCUT2D eigenvalue weighted by Gasteiger charge is -2.26. The van der Waals surface area contributed by atoms with Gasteiger partial charge in [0, 0.05) is 13.0 Å². The molecule has 0 fully saturated rings. The number of halogens is 6. The minimum Gasteiger partial charge on any atom is -0.406 e. The third-order valence-electron chi connectivity index (χ3n) is 4.27. The maximum absolute atomic E-state index is 13.0. The second kappa shape index (κ2) is 7.48. The summed E-state index contributed by atoms with van der Waals surface area (Å²) in [5.41, 5.74) is 0. The Balaban J connectivity index is 1.70. The molecule has 0 radical (unpaired) electrons. The fraction of sp³-hybridized carbons (Fsp3) is 0.467. The van der Waals surface area contributed by atoms with Gasteiger partial charge in [0.05, 0.1) is 17.4 Å². The van der Waals surface area contributed by atoms with E-state index in [9.17, 15) is 34.8 Å². The predicted octanol–water partition coefficient (Wildman–Crippen LogP) is 2.78. The number of rotatable bonds is 5. The number of aromatic nitrogens is 3. The van der Waals surface area contributed by atoms with Crippen molar-refractivity contribution in [3.05, 3.63) is 35.9 Å². The molecule has 29 heavy (non-hydrogen) atoms. The number of benzene rings is 1. The third kappa shape index (κ3) is 5.18. The molecule has 0 amide bonds. The van der Waals surface area contributed by atoms with E-state index < -0.39 is 47.3 Å². The monoisotopic (exact) mass is 444 g/mol. The Morgan fingerprint density at radius 2 is 1.76 bits per heavy atom. The van der Waals surface area contributed by atoms with Crippen LogP contribution >= 0.6 is 0 Å². The zero-order valence-corrected chi connectivity index (χ0v) is 15.3. The number of aryl methyl sites for hydroxylation is 1. The number of alkyl halides is 6. The van der Waals surface area contributed by atoms with E-state index in [1.807, 2.05) is 0 Å². The molecule has 0 saturated heterocycles. The van der Waals surface area contributed by atoms with Gasteiger partial charge in [0.15, 0.2) is 0 Å². The number of nitrogens with zero attached hydrogens (tertiary/aromatic N) is 3. The van der Waals surface area contributed by atoms with Crippen LogP contribution in [0.3, 0.4) is 0 Å². The van der Waals surface area contributed by atoms with Gasteiger partial charge in [-0.15, -0.1) is 23.4 Å². The van der Waals surface area contributed by atoms with Gasteiger partial charge in [-0.1, -0.05) is 0 Å². The Morgan fingerprint density at radius 1 is 1.10 bits per heavy atom. The number of hydrogen-bond acceptors (Lipinski definition) is 5. The summed E-state index contributed by atoms with van der Waals surface area (Å²) in [6, 6.07) is 3.47. The van der Waals surface area contributed by atoms with E-state index in [4.69, 9.17) is 0 Å². The quantitative estimate of drug-likeness (QED) is 0.717. The molecule has 14 heteroatoms. The molecular weight excluding hydrogens is 430 g/mol.